The van der Waals surface area contributed by atoms with Crippen molar-refractivity contribution in [3.63, 3.8) is 0 Å². The third-order valence-electron chi connectivity index (χ3n) is 2.02. The number of carbonyl (C=O) groups is 1. The Morgan fingerprint density at radius 3 is 3.00 bits per heavy atom. The van der Waals surface area contributed by atoms with Gasteiger partial charge in [0, 0.05) is 28.8 Å². The number of rotatable bonds is 4. The van der Waals surface area contributed by atoms with Crippen molar-refractivity contribution in [2.45, 2.75) is 6.92 Å². The number of hydrogen-bond acceptors (Lipinski definition) is 7. The number of carbonyl (C=O) groups excluding carboxylic acids is 1. The summed E-state index contributed by atoms with van der Waals surface area (Å²) in [5.74, 6) is 0.222. The summed E-state index contributed by atoms with van der Waals surface area (Å²) in [4.78, 5) is 11.9. The quantitative estimate of drug-likeness (QED) is 0.804. The predicted octanol–water partition coefficient (Wildman–Crippen LogP) is 1.17. The smallest absolute Gasteiger partial charge is 0.257 e. The van der Waals surface area contributed by atoms with Crippen LogP contribution in [0.2, 0.25) is 0 Å². The van der Waals surface area contributed by atoms with Crippen LogP contribution in [-0.2, 0) is 0 Å². The Morgan fingerprint density at radius 2 is 2.33 bits per heavy atom. The van der Waals surface area contributed by atoms with Gasteiger partial charge in [0.15, 0.2) is 0 Å². The van der Waals surface area contributed by atoms with Crippen LogP contribution in [0.25, 0.3) is 0 Å². The van der Waals surface area contributed by atoms with Crippen molar-refractivity contribution in [1.82, 2.24) is 14.8 Å². The van der Waals surface area contributed by atoms with Crippen LogP contribution in [0.15, 0.2) is 18.2 Å². The summed E-state index contributed by atoms with van der Waals surface area (Å²) >= 11 is 0.998. The summed E-state index contributed by atoms with van der Waals surface area (Å²) in [6.45, 7) is 2.36. The first-order valence-corrected chi connectivity index (χ1v) is 5.96. The summed E-state index contributed by atoms with van der Waals surface area (Å²) in [5.41, 5.74) is 6.56. The molecule has 1 aromatic carbocycles. The minimum Gasteiger partial charge on any atom is -0.494 e. The Bertz CT molecular complexity index is 543. The minimum absolute atomic E-state index is 0.332. The molecule has 0 fully saturated rings. The number of anilines is 2. The minimum atomic E-state index is -0.332. The van der Waals surface area contributed by atoms with E-state index < -0.39 is 0 Å². The lowest BCUT2D eigenvalue weighted by atomic mass is 10.2. The maximum atomic E-state index is 11.9. The van der Waals surface area contributed by atoms with Crippen LogP contribution in [0.5, 0.6) is 5.75 Å². The van der Waals surface area contributed by atoms with E-state index in [0.29, 0.717) is 28.7 Å². The number of hydrogen-bond donors (Lipinski definition) is 2. The summed E-state index contributed by atoms with van der Waals surface area (Å²) in [5, 5.41) is 9.91. The number of nitrogen functional groups attached to an aromatic ring is 1. The Kier molecular flexibility index (Phi) is 3.68. The lowest BCUT2D eigenvalue weighted by Crippen LogP contribution is -2.12. The second-order valence-electron chi connectivity index (χ2n) is 3.35. The monoisotopic (exact) mass is 265 g/mol. The molecule has 0 aliphatic rings. The molecule has 1 aromatic heterocycles. The van der Waals surface area contributed by atoms with Crippen molar-refractivity contribution in [3.8, 4) is 5.75 Å². The molecule has 0 bridgehead atoms. The normalized spacial score (nSPS) is 10.1. The van der Waals surface area contributed by atoms with E-state index in [1.54, 1.807) is 18.2 Å². The molecule has 0 saturated heterocycles. The third-order valence-corrected chi connectivity index (χ3v) is 2.53. The van der Waals surface area contributed by atoms with Gasteiger partial charge in [0.1, 0.15) is 5.75 Å². The van der Waals surface area contributed by atoms with Gasteiger partial charge in [-0.05, 0) is 24.3 Å². The first-order valence-electron chi connectivity index (χ1n) is 5.19. The highest BCUT2D eigenvalue weighted by Gasteiger charge is 2.10. The van der Waals surface area contributed by atoms with E-state index in [-0.39, 0.29) is 5.91 Å². The maximum Gasteiger partial charge on any atom is 0.257 e. The van der Waals surface area contributed by atoms with Gasteiger partial charge >= 0.3 is 0 Å². The fourth-order valence-corrected chi connectivity index (χ4v) is 1.72. The molecule has 1 amide bonds. The average molecular weight is 265 g/mol. The Labute approximate surface area is 107 Å². The first-order chi connectivity index (χ1) is 8.69. The van der Waals surface area contributed by atoms with Crippen LogP contribution in [0.4, 0.5) is 10.8 Å². The molecular formula is C10H11N5O2S. The van der Waals surface area contributed by atoms with Gasteiger partial charge in [-0.15, -0.1) is 0 Å². The lowest BCUT2D eigenvalue weighted by molar-refractivity contribution is 0.102. The number of benzene rings is 1. The van der Waals surface area contributed by atoms with Gasteiger partial charge in [-0.3, -0.25) is 10.1 Å². The molecule has 2 aromatic rings. The Hall–Kier alpha value is -2.22. The summed E-state index contributed by atoms with van der Waals surface area (Å²) < 4.78 is 8.86. The number of ether oxygens (including phenoxy) is 1. The van der Waals surface area contributed by atoms with E-state index in [9.17, 15) is 4.79 Å². The van der Waals surface area contributed by atoms with E-state index >= 15 is 0 Å². The molecule has 18 heavy (non-hydrogen) atoms. The molecule has 2 rings (SSSR count). The molecule has 1 heterocycles. The van der Waals surface area contributed by atoms with Gasteiger partial charge < -0.3 is 10.5 Å². The maximum absolute atomic E-state index is 11.9. The van der Waals surface area contributed by atoms with Crippen molar-refractivity contribution >= 4 is 28.3 Å². The summed E-state index contributed by atoms with van der Waals surface area (Å²) in [6.07, 6.45) is 0. The largest absolute Gasteiger partial charge is 0.494 e. The zero-order valence-electron chi connectivity index (χ0n) is 9.58. The molecular weight excluding hydrogens is 254 g/mol. The van der Waals surface area contributed by atoms with Crippen LogP contribution in [0.3, 0.4) is 0 Å². The highest BCUT2D eigenvalue weighted by Crippen LogP contribution is 2.20. The molecule has 0 spiro atoms. The summed E-state index contributed by atoms with van der Waals surface area (Å²) in [6, 6.07) is 4.84. The molecule has 0 aliphatic carbocycles. The van der Waals surface area contributed by atoms with Crippen LogP contribution in [0.1, 0.15) is 17.3 Å². The predicted molar refractivity (Wildman–Crippen MR) is 67.7 cm³/mol. The van der Waals surface area contributed by atoms with Crippen molar-refractivity contribution in [2.24, 2.45) is 0 Å². The molecule has 0 unspecified atom stereocenters. The molecule has 0 radical (unpaired) electrons. The molecule has 94 valence electrons. The first kappa shape index (κ1) is 12.2. The number of amides is 1. The van der Waals surface area contributed by atoms with Crippen LogP contribution < -0.4 is 15.8 Å². The van der Waals surface area contributed by atoms with Crippen LogP contribution in [0, 0.1) is 0 Å². The van der Waals surface area contributed by atoms with Gasteiger partial charge in [0.25, 0.3) is 5.91 Å². The van der Waals surface area contributed by atoms with Gasteiger partial charge in [-0.25, -0.2) is 0 Å². The van der Waals surface area contributed by atoms with Gasteiger partial charge in [0.05, 0.1) is 6.61 Å². The number of nitrogens with one attached hydrogen (secondary N) is 1. The molecule has 0 aliphatic heterocycles. The van der Waals surface area contributed by atoms with Crippen LogP contribution in [-0.4, -0.2) is 27.3 Å². The lowest BCUT2D eigenvalue weighted by Gasteiger charge is -2.07. The van der Waals surface area contributed by atoms with E-state index in [1.165, 1.54) is 0 Å². The molecule has 3 N–H and O–H groups in total. The highest BCUT2D eigenvalue weighted by atomic mass is 32.1. The summed E-state index contributed by atoms with van der Waals surface area (Å²) in [7, 11) is 0. The van der Waals surface area contributed by atoms with E-state index in [1.807, 2.05) is 6.92 Å². The molecule has 8 heteroatoms. The van der Waals surface area contributed by atoms with E-state index in [0.717, 1.165) is 11.5 Å². The highest BCUT2D eigenvalue weighted by molar-refractivity contribution is 7.09. The van der Waals surface area contributed by atoms with E-state index in [4.69, 9.17) is 10.5 Å². The second-order valence-corrected chi connectivity index (χ2v) is 4.08. The second kappa shape index (κ2) is 5.41. The van der Waals surface area contributed by atoms with E-state index in [2.05, 4.69) is 20.1 Å². The Balaban J connectivity index is 2.19. The average Bonchev–Trinajstić information content (AvgIpc) is 2.81. The molecule has 0 saturated carbocycles. The third kappa shape index (κ3) is 2.92. The zero-order valence-corrected chi connectivity index (χ0v) is 10.4. The van der Waals surface area contributed by atoms with Crippen molar-refractivity contribution in [1.29, 1.82) is 0 Å². The van der Waals surface area contributed by atoms with Crippen molar-refractivity contribution < 1.29 is 9.53 Å². The topological polar surface area (TPSA) is 103 Å². The van der Waals surface area contributed by atoms with Gasteiger partial charge in [0.2, 0.25) is 5.13 Å². The van der Waals surface area contributed by atoms with Crippen LogP contribution >= 0.6 is 11.5 Å². The number of aromatic nitrogens is 3. The standard InChI is InChI=1S/C10H11N5O2S/c1-2-17-8-4-6(3-7(11)5-8)9(16)12-10-13-14-15-18-10/h3-5H,2,11H2,1H3,(H,12,13,15,16). The number of nitrogens with two attached hydrogens (primary N) is 1. The van der Waals surface area contributed by atoms with Crippen molar-refractivity contribution in [3.05, 3.63) is 23.8 Å². The number of nitrogens with zero attached hydrogens (tertiary/aromatic N) is 3. The fourth-order valence-electron chi connectivity index (χ4n) is 1.35. The van der Waals surface area contributed by atoms with Crippen molar-refractivity contribution in [2.75, 3.05) is 17.7 Å². The zero-order chi connectivity index (χ0) is 13.0. The van der Waals surface area contributed by atoms with Gasteiger partial charge in [-0.2, -0.15) is 0 Å². The SMILES string of the molecule is CCOc1cc(N)cc(C(=O)Nc2nnns2)c1. The molecule has 0 atom stereocenters. The molecule has 7 nitrogen and oxygen atoms in total. The fraction of sp³-hybridized carbons (Fsp3) is 0.200. The van der Waals surface area contributed by atoms with Gasteiger partial charge in [-0.1, -0.05) is 9.59 Å². The Morgan fingerprint density at radius 1 is 1.50 bits per heavy atom.